The van der Waals surface area contributed by atoms with Gasteiger partial charge < -0.3 is 14.2 Å². The zero-order valence-corrected chi connectivity index (χ0v) is 17.2. The Bertz CT molecular complexity index is 1080. The summed E-state index contributed by atoms with van der Waals surface area (Å²) in [5, 5.41) is 0. The zero-order chi connectivity index (χ0) is 21.6. The molecule has 1 heterocycles. The van der Waals surface area contributed by atoms with Crippen LogP contribution in [0.15, 0.2) is 79.4 Å². The van der Waals surface area contributed by atoms with Crippen LogP contribution in [0.4, 0.5) is 4.79 Å². The second-order valence-corrected chi connectivity index (χ2v) is 7.10. The first kappa shape index (κ1) is 20.5. The third kappa shape index (κ3) is 4.87. The molecule has 0 saturated heterocycles. The van der Waals surface area contributed by atoms with E-state index in [9.17, 15) is 4.79 Å². The number of nitrogens with one attached hydrogen (secondary N) is 1. The molecule has 1 aliphatic heterocycles. The predicted octanol–water partition coefficient (Wildman–Crippen LogP) is 5.61. The maximum Gasteiger partial charge on any atom is 0.431 e. The second kappa shape index (κ2) is 9.36. The molecule has 1 amide bonds. The van der Waals surface area contributed by atoms with Gasteiger partial charge in [-0.3, -0.25) is 4.84 Å². The van der Waals surface area contributed by atoms with Gasteiger partial charge in [0.1, 0.15) is 36.6 Å². The van der Waals surface area contributed by atoms with Crippen molar-refractivity contribution in [3.05, 3.63) is 102 Å². The number of benzene rings is 3. The van der Waals surface area contributed by atoms with Gasteiger partial charge >= 0.3 is 6.09 Å². The highest BCUT2D eigenvalue weighted by Gasteiger charge is 2.29. The molecular weight excluding hydrogens is 394 g/mol. The van der Waals surface area contributed by atoms with Crippen LogP contribution in [-0.2, 0) is 16.2 Å². The Labute approximate surface area is 181 Å². The Balaban J connectivity index is 1.52. The van der Waals surface area contributed by atoms with E-state index in [2.05, 4.69) is 31.1 Å². The summed E-state index contributed by atoms with van der Waals surface area (Å²) in [6, 6.07) is 21.3. The van der Waals surface area contributed by atoms with Crippen LogP contribution >= 0.6 is 0 Å². The highest BCUT2D eigenvalue weighted by molar-refractivity contribution is 5.66. The largest absolute Gasteiger partial charge is 0.489 e. The number of carbonyl (C=O) groups is 1. The number of fused-ring (bicyclic) bond motifs is 2. The first-order valence-electron chi connectivity index (χ1n) is 9.92. The fourth-order valence-corrected chi connectivity index (χ4v) is 3.23. The number of amides is 1. The van der Waals surface area contributed by atoms with E-state index in [4.69, 9.17) is 19.0 Å². The molecule has 0 fully saturated rings. The molecular formula is C25H23NO5. The first-order valence-corrected chi connectivity index (χ1v) is 9.92. The van der Waals surface area contributed by atoms with Gasteiger partial charge in [0, 0.05) is 17.2 Å². The Morgan fingerprint density at radius 2 is 1.84 bits per heavy atom. The molecule has 1 aliphatic rings. The van der Waals surface area contributed by atoms with Crippen LogP contribution in [0.1, 0.15) is 28.4 Å². The van der Waals surface area contributed by atoms with Crippen LogP contribution in [0, 0.1) is 6.92 Å². The predicted molar refractivity (Wildman–Crippen MR) is 116 cm³/mol. The highest BCUT2D eigenvalue weighted by atomic mass is 16.7. The molecule has 158 valence electrons. The molecule has 0 saturated carbocycles. The lowest BCUT2D eigenvalue weighted by Gasteiger charge is -2.28. The van der Waals surface area contributed by atoms with Crippen LogP contribution in [0.5, 0.6) is 17.2 Å². The van der Waals surface area contributed by atoms with Crippen LogP contribution < -0.4 is 15.0 Å². The first-order chi connectivity index (χ1) is 15.1. The smallest absolute Gasteiger partial charge is 0.431 e. The van der Waals surface area contributed by atoms with Gasteiger partial charge in [-0.2, -0.15) is 5.48 Å². The van der Waals surface area contributed by atoms with Crippen molar-refractivity contribution in [2.24, 2.45) is 0 Å². The number of para-hydroxylation sites is 1. The highest BCUT2D eigenvalue weighted by Crippen LogP contribution is 2.45. The summed E-state index contributed by atoms with van der Waals surface area (Å²) in [5.41, 5.74) is 6.19. The summed E-state index contributed by atoms with van der Waals surface area (Å²) in [6.07, 6.45) is 0.238. The van der Waals surface area contributed by atoms with Crippen molar-refractivity contribution in [3.8, 4) is 17.2 Å². The fraction of sp³-hybridized carbons (Fsp3) is 0.160. The van der Waals surface area contributed by atoms with E-state index in [0.29, 0.717) is 23.9 Å². The number of carbonyl (C=O) groups excluding carboxylic acids is 1. The van der Waals surface area contributed by atoms with Crippen LogP contribution in [0.2, 0.25) is 0 Å². The standard InChI is InChI=1S/C25H23NO5/c1-3-14-28-25(27)26-31-24-20-6-4-5-7-22(20)30-23-15-19(12-13-21(23)24)29-16-18-10-8-17(2)9-11-18/h3-13,15,24H,1,14,16H2,2H3,(H,26,27). The van der Waals surface area contributed by atoms with Crippen LogP contribution in [-0.4, -0.2) is 12.7 Å². The van der Waals surface area contributed by atoms with E-state index in [0.717, 1.165) is 16.7 Å². The minimum atomic E-state index is -0.691. The quantitative estimate of drug-likeness (QED) is 0.400. The van der Waals surface area contributed by atoms with Crippen molar-refractivity contribution in [2.45, 2.75) is 19.6 Å². The molecule has 31 heavy (non-hydrogen) atoms. The number of rotatable bonds is 7. The van der Waals surface area contributed by atoms with Crippen molar-refractivity contribution in [2.75, 3.05) is 6.61 Å². The lowest BCUT2D eigenvalue weighted by molar-refractivity contribution is -0.00820. The average molecular weight is 417 g/mol. The zero-order valence-electron chi connectivity index (χ0n) is 17.2. The Morgan fingerprint density at radius 3 is 2.65 bits per heavy atom. The summed E-state index contributed by atoms with van der Waals surface area (Å²) in [4.78, 5) is 17.5. The molecule has 3 aromatic rings. The van der Waals surface area contributed by atoms with Gasteiger partial charge in [-0.25, -0.2) is 4.79 Å². The van der Waals surface area contributed by atoms with E-state index in [1.807, 2.05) is 54.6 Å². The van der Waals surface area contributed by atoms with Crippen LogP contribution in [0.3, 0.4) is 0 Å². The second-order valence-electron chi connectivity index (χ2n) is 7.10. The molecule has 1 N–H and O–H groups in total. The maximum atomic E-state index is 11.8. The number of aryl methyl sites for hydroxylation is 1. The van der Waals surface area contributed by atoms with Crippen molar-refractivity contribution in [1.82, 2.24) is 5.48 Å². The normalized spacial score (nSPS) is 13.9. The fourth-order valence-electron chi connectivity index (χ4n) is 3.23. The van der Waals surface area contributed by atoms with E-state index >= 15 is 0 Å². The molecule has 1 atom stereocenters. The van der Waals surface area contributed by atoms with Gasteiger partial charge in [0.05, 0.1) is 0 Å². The van der Waals surface area contributed by atoms with Gasteiger partial charge in [0.2, 0.25) is 0 Å². The minimum Gasteiger partial charge on any atom is -0.489 e. The summed E-state index contributed by atoms with van der Waals surface area (Å²) >= 11 is 0. The molecule has 0 aromatic heterocycles. The van der Waals surface area contributed by atoms with Gasteiger partial charge in [-0.05, 0) is 30.7 Å². The number of hydrogen-bond acceptors (Lipinski definition) is 5. The molecule has 4 rings (SSSR count). The topological polar surface area (TPSA) is 66.0 Å². The summed E-state index contributed by atoms with van der Waals surface area (Å²) in [7, 11) is 0. The lowest BCUT2D eigenvalue weighted by atomic mass is 9.97. The SMILES string of the molecule is C=CCOC(=O)NOC1c2ccccc2Oc2cc(OCc3ccc(C)cc3)ccc21. The summed E-state index contributed by atoms with van der Waals surface area (Å²) in [6.45, 7) is 6.11. The Kier molecular flexibility index (Phi) is 6.19. The lowest BCUT2D eigenvalue weighted by Crippen LogP contribution is -2.28. The van der Waals surface area contributed by atoms with Gasteiger partial charge in [-0.15, -0.1) is 0 Å². The summed E-state index contributed by atoms with van der Waals surface area (Å²) in [5.74, 6) is 1.93. The molecule has 1 unspecified atom stereocenters. The monoisotopic (exact) mass is 417 g/mol. The number of hydrogen-bond donors (Lipinski definition) is 1. The molecule has 0 radical (unpaired) electrons. The average Bonchev–Trinajstić information content (AvgIpc) is 2.79. The van der Waals surface area contributed by atoms with E-state index in [1.165, 1.54) is 11.6 Å². The van der Waals surface area contributed by atoms with Crippen LogP contribution in [0.25, 0.3) is 0 Å². The molecule has 0 spiro atoms. The van der Waals surface area contributed by atoms with Gasteiger partial charge in [-0.1, -0.05) is 60.7 Å². The molecule has 3 aromatic carbocycles. The minimum absolute atomic E-state index is 0.0951. The van der Waals surface area contributed by atoms with Crippen molar-refractivity contribution in [3.63, 3.8) is 0 Å². The molecule has 0 bridgehead atoms. The van der Waals surface area contributed by atoms with Crippen molar-refractivity contribution < 1.29 is 23.8 Å². The van der Waals surface area contributed by atoms with Gasteiger partial charge in [0.25, 0.3) is 0 Å². The van der Waals surface area contributed by atoms with E-state index < -0.39 is 12.2 Å². The van der Waals surface area contributed by atoms with Crippen molar-refractivity contribution in [1.29, 1.82) is 0 Å². The number of ether oxygens (including phenoxy) is 3. The van der Waals surface area contributed by atoms with E-state index in [1.54, 1.807) is 0 Å². The Hall–Kier alpha value is -3.77. The number of hydroxylamine groups is 1. The van der Waals surface area contributed by atoms with Crippen molar-refractivity contribution >= 4 is 6.09 Å². The molecule has 0 aliphatic carbocycles. The molecule has 6 heteroatoms. The summed E-state index contributed by atoms with van der Waals surface area (Å²) < 4.78 is 16.9. The Morgan fingerprint density at radius 1 is 1.06 bits per heavy atom. The van der Waals surface area contributed by atoms with Gasteiger partial charge in [0.15, 0.2) is 0 Å². The van der Waals surface area contributed by atoms with E-state index in [-0.39, 0.29) is 6.61 Å². The molecule has 6 nitrogen and oxygen atoms in total. The maximum absolute atomic E-state index is 11.8. The third-order valence-corrected chi connectivity index (χ3v) is 4.81. The third-order valence-electron chi connectivity index (χ3n) is 4.81.